The van der Waals surface area contributed by atoms with Crippen LogP contribution in [0.25, 0.3) is 0 Å². The van der Waals surface area contributed by atoms with Gasteiger partial charge in [-0.2, -0.15) is 0 Å². The molecular formula is C15H29B2N5O. The zero-order valence-corrected chi connectivity index (χ0v) is 14.8. The van der Waals surface area contributed by atoms with Crippen LogP contribution in [0, 0.1) is 0 Å². The van der Waals surface area contributed by atoms with Gasteiger partial charge in [-0.1, -0.05) is 38.0 Å². The van der Waals surface area contributed by atoms with Crippen molar-refractivity contribution in [1.82, 2.24) is 24.7 Å². The van der Waals surface area contributed by atoms with E-state index in [1.165, 1.54) is 0 Å². The third kappa shape index (κ3) is 7.06. The van der Waals surface area contributed by atoms with Crippen molar-refractivity contribution in [3.63, 3.8) is 0 Å². The summed E-state index contributed by atoms with van der Waals surface area (Å²) >= 11 is 0. The van der Waals surface area contributed by atoms with E-state index in [0.29, 0.717) is 12.4 Å². The van der Waals surface area contributed by atoms with E-state index in [-0.39, 0.29) is 0 Å². The van der Waals surface area contributed by atoms with E-state index >= 15 is 0 Å². The molecule has 0 bridgehead atoms. The molecule has 6 nitrogen and oxygen atoms in total. The topological polar surface area (TPSA) is 46.4 Å². The summed E-state index contributed by atoms with van der Waals surface area (Å²) in [6.07, 6.45) is 3.05. The first-order valence-electron chi connectivity index (χ1n) is 8.73. The van der Waals surface area contributed by atoms with Gasteiger partial charge in [-0.25, -0.2) is 4.68 Å². The molecule has 0 atom stereocenters. The summed E-state index contributed by atoms with van der Waals surface area (Å²) < 4.78 is 7.42. The number of aromatic nitrogens is 3. The SMILES string of the molecule is C[B]CCOCCn1cc(CN2CCN([B]C(C)C)CC2)nn1. The Balaban J connectivity index is 1.65. The first-order chi connectivity index (χ1) is 11.2. The maximum absolute atomic E-state index is 5.54. The summed E-state index contributed by atoms with van der Waals surface area (Å²) in [5, 5.41) is 8.47. The van der Waals surface area contributed by atoms with Crippen LogP contribution >= 0.6 is 0 Å². The van der Waals surface area contributed by atoms with E-state index in [1.807, 2.05) is 17.7 Å². The van der Waals surface area contributed by atoms with Gasteiger partial charge >= 0.3 is 0 Å². The molecule has 1 fully saturated rings. The van der Waals surface area contributed by atoms with Gasteiger partial charge in [0.25, 0.3) is 0 Å². The van der Waals surface area contributed by atoms with Crippen LogP contribution in [-0.2, 0) is 17.8 Å². The molecule has 1 aromatic rings. The van der Waals surface area contributed by atoms with Crippen LogP contribution in [-0.4, -0.2) is 78.8 Å². The first kappa shape index (κ1) is 18.5. The van der Waals surface area contributed by atoms with E-state index in [1.54, 1.807) is 0 Å². The summed E-state index contributed by atoms with van der Waals surface area (Å²) in [5.41, 5.74) is 1.05. The summed E-state index contributed by atoms with van der Waals surface area (Å²) in [7, 11) is 4.45. The molecule has 2 heterocycles. The molecule has 2 rings (SSSR count). The first-order valence-corrected chi connectivity index (χ1v) is 8.73. The molecule has 1 aliphatic rings. The van der Waals surface area contributed by atoms with Crippen LogP contribution in [0.15, 0.2) is 6.20 Å². The normalized spacial score (nSPS) is 16.9. The van der Waals surface area contributed by atoms with E-state index < -0.39 is 0 Å². The fraction of sp³-hybridized carbons (Fsp3) is 0.867. The van der Waals surface area contributed by atoms with Crippen molar-refractivity contribution in [2.75, 3.05) is 39.4 Å². The summed E-state index contributed by atoms with van der Waals surface area (Å²) in [5.74, 6) is 0.624. The molecule has 2 radical (unpaired) electrons. The van der Waals surface area contributed by atoms with Gasteiger partial charge < -0.3 is 9.55 Å². The van der Waals surface area contributed by atoms with Gasteiger partial charge in [-0.3, -0.25) is 4.90 Å². The quantitative estimate of drug-likeness (QED) is 0.476. The lowest BCUT2D eigenvalue weighted by molar-refractivity contribution is 0.136. The Morgan fingerprint density at radius 1 is 1.22 bits per heavy atom. The minimum absolute atomic E-state index is 0.624. The lowest BCUT2D eigenvalue weighted by Gasteiger charge is -2.34. The average Bonchev–Trinajstić information content (AvgIpc) is 2.96. The van der Waals surface area contributed by atoms with Crippen LogP contribution in [0.3, 0.4) is 0 Å². The second-order valence-electron chi connectivity index (χ2n) is 6.49. The predicted molar refractivity (Wildman–Crippen MR) is 95.0 cm³/mol. The zero-order valence-electron chi connectivity index (χ0n) is 14.8. The number of hydrogen-bond donors (Lipinski definition) is 0. The summed E-state index contributed by atoms with van der Waals surface area (Å²) in [6.45, 7) is 14.0. The predicted octanol–water partition coefficient (Wildman–Crippen LogP) is 1.03. The van der Waals surface area contributed by atoms with Crippen LogP contribution in [0.1, 0.15) is 19.5 Å². The van der Waals surface area contributed by atoms with Crippen molar-refractivity contribution in [3.05, 3.63) is 11.9 Å². The maximum Gasteiger partial charge on any atom is 0.211 e. The van der Waals surface area contributed by atoms with Crippen molar-refractivity contribution in [1.29, 1.82) is 0 Å². The van der Waals surface area contributed by atoms with Crippen LogP contribution in [0.5, 0.6) is 0 Å². The van der Waals surface area contributed by atoms with Gasteiger partial charge in [0, 0.05) is 32.4 Å². The molecular weight excluding hydrogens is 288 g/mol. The van der Waals surface area contributed by atoms with Gasteiger partial charge in [0.1, 0.15) is 7.28 Å². The maximum atomic E-state index is 5.54. The number of ether oxygens (including phenoxy) is 1. The van der Waals surface area contributed by atoms with Gasteiger partial charge in [0.2, 0.25) is 7.41 Å². The molecule has 126 valence electrons. The molecule has 0 spiro atoms. The minimum atomic E-state index is 0.624. The highest BCUT2D eigenvalue weighted by molar-refractivity contribution is 6.34. The van der Waals surface area contributed by atoms with Crippen molar-refractivity contribution in [2.45, 2.75) is 45.9 Å². The third-order valence-electron chi connectivity index (χ3n) is 3.90. The van der Waals surface area contributed by atoms with Crippen molar-refractivity contribution < 1.29 is 4.74 Å². The zero-order chi connectivity index (χ0) is 16.5. The van der Waals surface area contributed by atoms with Gasteiger partial charge in [0.05, 0.1) is 18.8 Å². The highest BCUT2D eigenvalue weighted by Crippen LogP contribution is 2.09. The lowest BCUT2D eigenvalue weighted by atomic mass is 9.76. The highest BCUT2D eigenvalue weighted by atomic mass is 16.5. The van der Waals surface area contributed by atoms with Gasteiger partial charge in [-0.15, -0.1) is 5.10 Å². The molecule has 0 saturated carbocycles. The summed E-state index contributed by atoms with van der Waals surface area (Å²) in [4.78, 5) is 4.88. The van der Waals surface area contributed by atoms with Crippen molar-refractivity contribution in [3.8, 4) is 0 Å². The van der Waals surface area contributed by atoms with Gasteiger partial charge in [-0.05, 0) is 13.1 Å². The van der Waals surface area contributed by atoms with Gasteiger partial charge in [0.15, 0.2) is 0 Å². The molecule has 1 aromatic heterocycles. The molecule has 0 aliphatic carbocycles. The van der Waals surface area contributed by atoms with Crippen molar-refractivity contribution >= 4 is 14.7 Å². The smallest absolute Gasteiger partial charge is 0.211 e. The van der Waals surface area contributed by atoms with Crippen molar-refractivity contribution in [2.24, 2.45) is 0 Å². The number of rotatable bonds is 10. The third-order valence-corrected chi connectivity index (χ3v) is 3.90. The lowest BCUT2D eigenvalue weighted by Crippen LogP contribution is -2.47. The number of piperazine rings is 1. The Morgan fingerprint density at radius 2 is 2.00 bits per heavy atom. The minimum Gasteiger partial charge on any atom is -0.380 e. The Bertz CT molecular complexity index is 435. The Labute approximate surface area is 142 Å². The fourth-order valence-corrected chi connectivity index (χ4v) is 2.70. The van der Waals surface area contributed by atoms with Crippen LogP contribution < -0.4 is 0 Å². The standard InChI is InChI=1S/C15H29B2N5O/c1-14(2)17-21-7-5-20(6-8-21)12-15-13-22(19-18-15)9-11-23-10-4-16-3/h13-14H,4-12H2,1-3H3. The molecule has 1 saturated heterocycles. The molecule has 0 amide bonds. The van der Waals surface area contributed by atoms with Crippen LogP contribution in [0.4, 0.5) is 0 Å². The number of hydrogen-bond acceptors (Lipinski definition) is 5. The molecule has 23 heavy (non-hydrogen) atoms. The molecule has 0 aromatic carbocycles. The Hall–Kier alpha value is -0.850. The summed E-state index contributed by atoms with van der Waals surface area (Å²) in [6, 6.07) is 0. The average molecular weight is 317 g/mol. The number of nitrogens with zero attached hydrogens (tertiary/aromatic N) is 5. The van der Waals surface area contributed by atoms with E-state index in [0.717, 1.165) is 57.9 Å². The van der Waals surface area contributed by atoms with E-state index in [4.69, 9.17) is 4.74 Å². The van der Waals surface area contributed by atoms with Crippen LogP contribution in [0.2, 0.25) is 19.0 Å². The van der Waals surface area contributed by atoms with E-state index in [2.05, 4.69) is 48.6 Å². The second-order valence-corrected chi connectivity index (χ2v) is 6.49. The molecule has 0 unspecified atom stereocenters. The largest absolute Gasteiger partial charge is 0.380 e. The molecule has 8 heteroatoms. The fourth-order valence-electron chi connectivity index (χ4n) is 2.70. The highest BCUT2D eigenvalue weighted by Gasteiger charge is 2.19. The monoisotopic (exact) mass is 317 g/mol. The molecule has 1 aliphatic heterocycles. The second kappa shape index (κ2) is 10.1. The Kier molecular flexibility index (Phi) is 8.12. The Morgan fingerprint density at radius 3 is 2.70 bits per heavy atom. The van der Waals surface area contributed by atoms with E-state index in [9.17, 15) is 0 Å². The molecule has 0 N–H and O–H groups in total.